The molecular weight excluding hydrogens is 190 g/mol. The normalized spacial score (nSPS) is 12.0. The Morgan fingerprint density at radius 2 is 1.33 bits per heavy atom. The van der Waals surface area contributed by atoms with Gasteiger partial charge in [0.1, 0.15) is 0 Å². The Balaban J connectivity index is 2.11. The summed E-state index contributed by atoms with van der Waals surface area (Å²) in [5.74, 6) is 2.81. The zero-order valence-corrected chi connectivity index (χ0v) is 7.94. The topological polar surface area (TPSA) is 44.5 Å². The SMILES string of the molecule is Nc1ccc2c(c1)Oc1ccccc1O2. The van der Waals surface area contributed by atoms with Gasteiger partial charge >= 0.3 is 0 Å². The van der Waals surface area contributed by atoms with Crippen molar-refractivity contribution < 1.29 is 9.47 Å². The molecule has 1 aliphatic rings. The summed E-state index contributed by atoms with van der Waals surface area (Å²) in [5.41, 5.74) is 6.33. The molecule has 0 radical (unpaired) electrons. The summed E-state index contributed by atoms with van der Waals surface area (Å²) in [6.45, 7) is 0. The van der Waals surface area contributed by atoms with Crippen LogP contribution in [0.4, 0.5) is 5.69 Å². The van der Waals surface area contributed by atoms with E-state index in [2.05, 4.69) is 0 Å². The lowest BCUT2D eigenvalue weighted by Crippen LogP contribution is -1.99. The molecule has 0 aliphatic carbocycles. The predicted octanol–water partition coefficient (Wildman–Crippen LogP) is 3.17. The highest BCUT2D eigenvalue weighted by Gasteiger charge is 2.17. The van der Waals surface area contributed by atoms with Crippen LogP contribution in [0.2, 0.25) is 0 Å². The first-order chi connectivity index (χ1) is 7.33. The summed E-state index contributed by atoms with van der Waals surface area (Å²) in [4.78, 5) is 0. The van der Waals surface area contributed by atoms with Crippen LogP contribution in [0.5, 0.6) is 23.0 Å². The first kappa shape index (κ1) is 8.17. The number of hydrogen-bond acceptors (Lipinski definition) is 3. The van der Waals surface area contributed by atoms with E-state index in [-0.39, 0.29) is 0 Å². The first-order valence-corrected chi connectivity index (χ1v) is 4.67. The van der Waals surface area contributed by atoms with Gasteiger partial charge in [0.25, 0.3) is 0 Å². The number of hydrogen-bond donors (Lipinski definition) is 1. The van der Waals surface area contributed by atoms with Crippen LogP contribution in [-0.4, -0.2) is 0 Å². The van der Waals surface area contributed by atoms with E-state index in [0.717, 1.165) is 11.5 Å². The molecule has 3 rings (SSSR count). The van der Waals surface area contributed by atoms with E-state index in [9.17, 15) is 0 Å². The smallest absolute Gasteiger partial charge is 0.172 e. The van der Waals surface area contributed by atoms with Gasteiger partial charge in [0.15, 0.2) is 23.0 Å². The molecule has 74 valence electrons. The van der Waals surface area contributed by atoms with Gasteiger partial charge in [-0.05, 0) is 24.3 Å². The molecule has 3 nitrogen and oxygen atoms in total. The standard InChI is InChI=1S/C12H9NO2/c13-8-5-6-11-12(7-8)15-10-4-2-1-3-9(10)14-11/h1-7H,13H2. The number of nitrogens with two attached hydrogens (primary N) is 1. The van der Waals surface area contributed by atoms with Crippen molar-refractivity contribution in [1.29, 1.82) is 0 Å². The van der Waals surface area contributed by atoms with Crippen LogP contribution in [0.3, 0.4) is 0 Å². The van der Waals surface area contributed by atoms with E-state index >= 15 is 0 Å². The van der Waals surface area contributed by atoms with E-state index in [4.69, 9.17) is 15.2 Å². The van der Waals surface area contributed by atoms with Crippen molar-refractivity contribution in [2.45, 2.75) is 0 Å². The van der Waals surface area contributed by atoms with Crippen LogP contribution in [-0.2, 0) is 0 Å². The highest BCUT2D eigenvalue weighted by molar-refractivity contribution is 5.59. The second kappa shape index (κ2) is 2.92. The van der Waals surface area contributed by atoms with Gasteiger partial charge in [0.2, 0.25) is 0 Å². The molecule has 0 atom stereocenters. The minimum atomic E-state index is 0.661. The minimum absolute atomic E-state index is 0.661. The molecule has 0 spiro atoms. The fourth-order valence-electron chi connectivity index (χ4n) is 1.54. The third-order valence-electron chi connectivity index (χ3n) is 2.26. The number of benzene rings is 2. The Kier molecular flexibility index (Phi) is 1.59. The Morgan fingerprint density at radius 1 is 0.733 bits per heavy atom. The van der Waals surface area contributed by atoms with Gasteiger partial charge in [0, 0.05) is 11.8 Å². The number of anilines is 1. The second-order valence-corrected chi connectivity index (χ2v) is 3.36. The quantitative estimate of drug-likeness (QED) is 0.565. The van der Waals surface area contributed by atoms with E-state index < -0.39 is 0 Å². The molecule has 1 heterocycles. The van der Waals surface area contributed by atoms with Crippen molar-refractivity contribution in [1.82, 2.24) is 0 Å². The summed E-state index contributed by atoms with van der Waals surface area (Å²) in [5, 5.41) is 0. The average molecular weight is 199 g/mol. The third-order valence-corrected chi connectivity index (χ3v) is 2.26. The molecule has 0 saturated carbocycles. The van der Waals surface area contributed by atoms with E-state index in [1.165, 1.54) is 0 Å². The van der Waals surface area contributed by atoms with E-state index in [1.807, 2.05) is 24.3 Å². The molecule has 2 aromatic rings. The zero-order valence-electron chi connectivity index (χ0n) is 7.94. The summed E-state index contributed by atoms with van der Waals surface area (Å²) < 4.78 is 11.3. The minimum Gasteiger partial charge on any atom is -0.450 e. The lowest BCUT2D eigenvalue weighted by atomic mass is 10.2. The molecule has 3 heteroatoms. The zero-order chi connectivity index (χ0) is 10.3. The van der Waals surface area contributed by atoms with Gasteiger partial charge in [-0.15, -0.1) is 0 Å². The molecule has 1 aliphatic heterocycles. The Bertz CT molecular complexity index is 523. The van der Waals surface area contributed by atoms with Gasteiger partial charge in [-0.1, -0.05) is 12.1 Å². The molecule has 15 heavy (non-hydrogen) atoms. The molecule has 0 aromatic heterocycles. The third kappa shape index (κ3) is 1.29. The second-order valence-electron chi connectivity index (χ2n) is 3.36. The van der Waals surface area contributed by atoms with Crippen LogP contribution in [0.25, 0.3) is 0 Å². The summed E-state index contributed by atoms with van der Waals surface area (Å²) in [6.07, 6.45) is 0. The maximum atomic E-state index is 5.67. The summed E-state index contributed by atoms with van der Waals surface area (Å²) in [7, 11) is 0. The van der Waals surface area contributed by atoms with Gasteiger partial charge in [-0.25, -0.2) is 0 Å². The Hall–Kier alpha value is -2.16. The first-order valence-electron chi connectivity index (χ1n) is 4.67. The van der Waals surface area contributed by atoms with Crippen molar-refractivity contribution in [2.24, 2.45) is 0 Å². The Morgan fingerprint density at radius 3 is 2.07 bits per heavy atom. The molecule has 0 fully saturated rings. The average Bonchev–Trinajstić information content (AvgIpc) is 2.26. The lowest BCUT2D eigenvalue weighted by Gasteiger charge is -2.20. The highest BCUT2D eigenvalue weighted by atomic mass is 16.6. The number of fused-ring (bicyclic) bond motifs is 2. The largest absolute Gasteiger partial charge is 0.450 e. The van der Waals surface area contributed by atoms with Crippen molar-refractivity contribution in [2.75, 3.05) is 5.73 Å². The van der Waals surface area contributed by atoms with Crippen molar-refractivity contribution >= 4 is 5.69 Å². The van der Waals surface area contributed by atoms with Crippen LogP contribution >= 0.6 is 0 Å². The van der Waals surface area contributed by atoms with E-state index in [0.29, 0.717) is 17.2 Å². The molecule has 2 N–H and O–H groups in total. The maximum absolute atomic E-state index is 5.67. The maximum Gasteiger partial charge on any atom is 0.172 e. The molecular formula is C12H9NO2. The molecule has 0 unspecified atom stereocenters. The van der Waals surface area contributed by atoms with Gasteiger partial charge in [-0.3, -0.25) is 0 Å². The number of nitrogen functional groups attached to an aromatic ring is 1. The van der Waals surface area contributed by atoms with E-state index in [1.54, 1.807) is 18.2 Å². The summed E-state index contributed by atoms with van der Waals surface area (Å²) >= 11 is 0. The number of ether oxygens (including phenoxy) is 2. The molecule has 0 amide bonds. The fraction of sp³-hybridized carbons (Fsp3) is 0. The van der Waals surface area contributed by atoms with Crippen molar-refractivity contribution in [3.8, 4) is 23.0 Å². The number of rotatable bonds is 0. The highest BCUT2D eigenvalue weighted by Crippen LogP contribution is 2.45. The van der Waals surface area contributed by atoms with Crippen molar-refractivity contribution in [3.63, 3.8) is 0 Å². The molecule has 0 bridgehead atoms. The molecule has 0 saturated heterocycles. The monoisotopic (exact) mass is 199 g/mol. The van der Waals surface area contributed by atoms with Crippen LogP contribution in [0.15, 0.2) is 42.5 Å². The number of para-hydroxylation sites is 2. The van der Waals surface area contributed by atoms with Crippen LogP contribution in [0.1, 0.15) is 0 Å². The molecule has 2 aromatic carbocycles. The predicted molar refractivity (Wildman–Crippen MR) is 57.4 cm³/mol. The summed E-state index contributed by atoms with van der Waals surface area (Å²) in [6, 6.07) is 12.9. The van der Waals surface area contributed by atoms with Crippen LogP contribution in [0, 0.1) is 0 Å². The van der Waals surface area contributed by atoms with Gasteiger partial charge in [-0.2, -0.15) is 0 Å². The lowest BCUT2D eigenvalue weighted by molar-refractivity contribution is 0.360. The van der Waals surface area contributed by atoms with Crippen LogP contribution < -0.4 is 15.2 Å². The van der Waals surface area contributed by atoms with Gasteiger partial charge in [0.05, 0.1) is 0 Å². The van der Waals surface area contributed by atoms with Gasteiger partial charge < -0.3 is 15.2 Å². The Labute approximate surface area is 87.0 Å². The van der Waals surface area contributed by atoms with Crippen molar-refractivity contribution in [3.05, 3.63) is 42.5 Å². The fourth-order valence-corrected chi connectivity index (χ4v) is 1.54.